The summed E-state index contributed by atoms with van der Waals surface area (Å²) in [7, 11) is 3.00. The Kier molecular flexibility index (Phi) is 6.46. The van der Waals surface area contributed by atoms with Gasteiger partial charge in [0.05, 0.1) is 32.4 Å². The lowest BCUT2D eigenvalue weighted by Crippen LogP contribution is -2.45. The van der Waals surface area contributed by atoms with Gasteiger partial charge in [-0.05, 0) is 23.8 Å². The Hall–Kier alpha value is -3.68. The van der Waals surface area contributed by atoms with Crippen LogP contribution in [0.2, 0.25) is 0 Å². The normalized spacial score (nSPS) is 15.8. The summed E-state index contributed by atoms with van der Waals surface area (Å²) in [6.07, 6.45) is 1.53. The molecule has 2 aromatic rings. The van der Waals surface area contributed by atoms with Crippen molar-refractivity contribution in [1.29, 1.82) is 0 Å². The van der Waals surface area contributed by atoms with Gasteiger partial charge in [0.2, 0.25) is 11.8 Å². The molecule has 0 spiro atoms. The smallest absolute Gasteiger partial charge is 0.265 e. The van der Waals surface area contributed by atoms with Crippen LogP contribution in [0.25, 0.3) is 0 Å². The van der Waals surface area contributed by atoms with Crippen LogP contribution < -0.4 is 19.7 Å². The lowest BCUT2D eigenvalue weighted by Gasteiger charge is -2.31. The molecule has 0 radical (unpaired) electrons. The first kappa shape index (κ1) is 21.0. The van der Waals surface area contributed by atoms with Gasteiger partial charge in [-0.25, -0.2) is 4.90 Å². The molecule has 1 heterocycles. The third kappa shape index (κ3) is 4.17. The van der Waals surface area contributed by atoms with Crippen LogP contribution >= 0.6 is 0 Å². The highest BCUT2D eigenvalue weighted by Crippen LogP contribution is 2.36. The van der Waals surface area contributed by atoms with Crippen molar-refractivity contribution in [2.24, 2.45) is 4.99 Å². The van der Waals surface area contributed by atoms with E-state index < -0.39 is 17.7 Å². The van der Waals surface area contributed by atoms with E-state index in [1.807, 2.05) is 0 Å². The molecule has 2 aromatic carbocycles. The molecule has 1 aliphatic rings. The summed E-state index contributed by atoms with van der Waals surface area (Å²) in [6.45, 7) is 2.12. The Morgan fingerprint density at radius 1 is 1.13 bits per heavy atom. The summed E-state index contributed by atoms with van der Waals surface area (Å²) < 4.78 is 10.5. The van der Waals surface area contributed by atoms with E-state index >= 15 is 0 Å². The number of nitrogens with one attached hydrogen (secondary N) is 1. The van der Waals surface area contributed by atoms with Crippen molar-refractivity contribution in [3.63, 3.8) is 0 Å². The Bertz CT molecular complexity index is 1000. The fourth-order valence-corrected chi connectivity index (χ4v) is 3.28. The van der Waals surface area contributed by atoms with Crippen molar-refractivity contribution < 1.29 is 23.9 Å². The molecule has 1 unspecified atom stereocenters. The van der Waals surface area contributed by atoms with Gasteiger partial charge in [0, 0.05) is 31.3 Å². The third-order valence-corrected chi connectivity index (χ3v) is 4.71. The lowest BCUT2D eigenvalue weighted by atomic mass is 9.89. The Labute approximate surface area is 174 Å². The van der Waals surface area contributed by atoms with E-state index in [0.717, 1.165) is 4.90 Å². The molecule has 0 saturated carbocycles. The average Bonchev–Trinajstić information content (AvgIpc) is 2.75. The number of rotatable bonds is 7. The lowest BCUT2D eigenvalue weighted by molar-refractivity contribution is -0.119. The summed E-state index contributed by atoms with van der Waals surface area (Å²) in [4.78, 5) is 42.8. The number of fused-ring (bicyclic) bond motifs is 1. The maximum atomic E-state index is 13.3. The number of aliphatic imine (C=N–C) groups is 1. The molecule has 30 heavy (non-hydrogen) atoms. The highest BCUT2D eigenvalue weighted by atomic mass is 16.5. The first-order chi connectivity index (χ1) is 14.5. The predicted octanol–water partition coefficient (Wildman–Crippen LogP) is 2.18. The number of benzene rings is 2. The van der Waals surface area contributed by atoms with Gasteiger partial charge in [-0.15, -0.1) is 0 Å². The number of methoxy groups -OCH3 is 2. The van der Waals surface area contributed by atoms with Crippen LogP contribution in [-0.4, -0.2) is 51.2 Å². The Morgan fingerprint density at radius 2 is 1.87 bits per heavy atom. The number of carbonyl (C=O) groups is 3. The van der Waals surface area contributed by atoms with Gasteiger partial charge in [-0.1, -0.05) is 18.2 Å². The second-order valence-corrected chi connectivity index (χ2v) is 6.62. The minimum atomic E-state index is -0.718. The van der Waals surface area contributed by atoms with Crippen LogP contribution in [0.5, 0.6) is 11.5 Å². The highest BCUT2D eigenvalue weighted by molar-refractivity contribution is 6.29. The molecular formula is C22H23N3O5. The molecule has 3 rings (SSSR count). The molecule has 8 heteroatoms. The van der Waals surface area contributed by atoms with Crippen LogP contribution in [0.3, 0.4) is 0 Å². The third-order valence-electron chi connectivity index (χ3n) is 4.71. The molecule has 1 atom stereocenters. The van der Waals surface area contributed by atoms with E-state index in [9.17, 15) is 14.4 Å². The minimum absolute atomic E-state index is 0.144. The minimum Gasteiger partial charge on any atom is -0.493 e. The number of amides is 3. The molecule has 3 amide bonds. The van der Waals surface area contributed by atoms with Crippen LogP contribution in [0.1, 0.15) is 28.8 Å². The summed E-state index contributed by atoms with van der Waals surface area (Å²) in [5.41, 5.74) is 1.42. The first-order valence-electron chi connectivity index (χ1n) is 9.41. The maximum absolute atomic E-state index is 13.3. The zero-order chi connectivity index (χ0) is 21.7. The number of nitrogens with zero attached hydrogens (tertiary/aromatic N) is 2. The maximum Gasteiger partial charge on any atom is 0.265 e. The molecule has 0 fully saturated rings. The van der Waals surface area contributed by atoms with E-state index in [4.69, 9.17) is 9.47 Å². The van der Waals surface area contributed by atoms with E-state index in [2.05, 4.69) is 10.3 Å². The molecule has 0 saturated heterocycles. The molecular weight excluding hydrogens is 386 g/mol. The Balaban J connectivity index is 1.96. The number of hydrogen-bond acceptors (Lipinski definition) is 6. The van der Waals surface area contributed by atoms with E-state index in [0.29, 0.717) is 41.4 Å². The van der Waals surface area contributed by atoms with Crippen LogP contribution in [-0.2, 0) is 9.59 Å². The molecule has 8 nitrogen and oxygen atoms in total. The molecule has 0 aromatic heterocycles. The fourth-order valence-electron chi connectivity index (χ4n) is 3.28. The number of hydrogen-bond donors (Lipinski definition) is 1. The molecule has 1 aliphatic heterocycles. The average molecular weight is 409 g/mol. The van der Waals surface area contributed by atoms with Crippen molar-refractivity contribution >= 4 is 29.6 Å². The fraction of sp³-hybridized carbons (Fsp3) is 0.273. The van der Waals surface area contributed by atoms with Crippen LogP contribution in [0, 0.1) is 0 Å². The van der Waals surface area contributed by atoms with Gasteiger partial charge >= 0.3 is 0 Å². The van der Waals surface area contributed by atoms with Gasteiger partial charge in [0.25, 0.3) is 5.91 Å². The molecule has 0 aliphatic carbocycles. The van der Waals surface area contributed by atoms with Crippen molar-refractivity contribution in [3.05, 3.63) is 53.6 Å². The van der Waals surface area contributed by atoms with Gasteiger partial charge in [0.15, 0.2) is 11.5 Å². The van der Waals surface area contributed by atoms with Crippen molar-refractivity contribution in [2.75, 3.05) is 32.2 Å². The highest BCUT2D eigenvalue weighted by Gasteiger charge is 2.39. The number of ether oxygens (including phenoxy) is 2. The van der Waals surface area contributed by atoms with E-state index in [1.54, 1.807) is 42.5 Å². The summed E-state index contributed by atoms with van der Waals surface area (Å²) >= 11 is 0. The SMILES string of the molecule is COc1ccc(N2C(=O)c3ccccc3C(C=NCCNC(C)=O)C2=O)cc1OC. The van der Waals surface area contributed by atoms with Crippen molar-refractivity contribution in [2.45, 2.75) is 12.8 Å². The number of carbonyl (C=O) groups excluding carboxylic acids is 3. The molecule has 156 valence electrons. The Morgan fingerprint density at radius 3 is 2.57 bits per heavy atom. The monoisotopic (exact) mass is 409 g/mol. The van der Waals surface area contributed by atoms with Gasteiger partial charge in [0.1, 0.15) is 0 Å². The van der Waals surface area contributed by atoms with Gasteiger partial charge < -0.3 is 14.8 Å². The van der Waals surface area contributed by atoms with E-state index in [1.165, 1.54) is 27.4 Å². The first-order valence-corrected chi connectivity index (χ1v) is 9.41. The molecule has 1 N–H and O–H groups in total. The summed E-state index contributed by atoms with van der Waals surface area (Å²) in [5.74, 6) is -0.775. The zero-order valence-corrected chi connectivity index (χ0v) is 17.0. The van der Waals surface area contributed by atoms with Crippen LogP contribution in [0.15, 0.2) is 47.5 Å². The topological polar surface area (TPSA) is 97.3 Å². The standard InChI is InChI=1S/C22H23N3O5/c1-14(26)24-11-10-23-13-18-16-6-4-5-7-17(16)21(27)25(22(18)28)15-8-9-19(29-2)20(12-15)30-3/h4-9,12-13,18H,10-11H2,1-3H3,(H,24,26). The number of imide groups is 1. The summed E-state index contributed by atoms with van der Waals surface area (Å²) in [6, 6.07) is 11.8. The summed E-state index contributed by atoms with van der Waals surface area (Å²) in [5, 5.41) is 2.65. The largest absolute Gasteiger partial charge is 0.493 e. The number of anilines is 1. The van der Waals surface area contributed by atoms with Gasteiger partial charge in [-0.3, -0.25) is 19.4 Å². The molecule has 0 bridgehead atoms. The van der Waals surface area contributed by atoms with Crippen molar-refractivity contribution in [3.8, 4) is 11.5 Å². The van der Waals surface area contributed by atoms with Gasteiger partial charge in [-0.2, -0.15) is 0 Å². The second kappa shape index (κ2) is 9.21. The zero-order valence-electron chi connectivity index (χ0n) is 17.0. The van der Waals surface area contributed by atoms with Crippen molar-refractivity contribution in [1.82, 2.24) is 5.32 Å². The predicted molar refractivity (Wildman–Crippen MR) is 113 cm³/mol. The van der Waals surface area contributed by atoms with E-state index in [-0.39, 0.29) is 5.91 Å². The second-order valence-electron chi connectivity index (χ2n) is 6.62. The quantitative estimate of drug-likeness (QED) is 0.429. The van der Waals surface area contributed by atoms with Crippen LogP contribution in [0.4, 0.5) is 5.69 Å².